The molecule has 5 N–H and O–H groups in total. The van der Waals surface area contributed by atoms with Crippen LogP contribution in [0.25, 0.3) is 11.1 Å². The lowest BCUT2D eigenvalue weighted by Crippen LogP contribution is -2.59. The monoisotopic (exact) mass is 744 g/mol. The number of aliphatic carboxylic acids is 1. The Morgan fingerprint density at radius 1 is 0.611 bits per heavy atom. The first-order valence-electron chi connectivity index (χ1n) is 17.6. The number of amides is 4. The normalized spacial score (nSPS) is 19.9. The van der Waals surface area contributed by atoms with Crippen LogP contribution in [0.4, 0.5) is 0 Å². The van der Waals surface area contributed by atoms with Crippen LogP contribution in [0.1, 0.15) is 21.6 Å². The Balaban J connectivity index is 1.34. The van der Waals surface area contributed by atoms with Gasteiger partial charge in [-0.3, -0.25) is 19.2 Å². The fourth-order valence-electron chi connectivity index (χ4n) is 6.17. The van der Waals surface area contributed by atoms with Crippen molar-refractivity contribution >= 4 is 40.9 Å². The van der Waals surface area contributed by atoms with Gasteiger partial charge in [-0.25, -0.2) is 4.79 Å². The number of hydrogen-bond acceptors (Lipinski definition) is 7. The third-order valence-electron chi connectivity index (χ3n) is 9.03. The molecule has 11 nitrogen and oxygen atoms in total. The highest BCUT2D eigenvalue weighted by molar-refractivity contribution is 7.09. The van der Waals surface area contributed by atoms with E-state index in [0.29, 0.717) is 11.3 Å². The largest absolute Gasteiger partial charge is 0.484 e. The molecule has 2 aliphatic heterocycles. The Labute approximate surface area is 316 Å². The summed E-state index contributed by atoms with van der Waals surface area (Å²) in [6, 6.07) is 31.9. The molecule has 1 aromatic heterocycles. The van der Waals surface area contributed by atoms with Crippen LogP contribution in [0.15, 0.2) is 127 Å². The number of ether oxygens (including phenoxy) is 1. The number of thiophene rings is 1. The molecule has 0 saturated carbocycles. The second-order valence-electron chi connectivity index (χ2n) is 13.0. The van der Waals surface area contributed by atoms with Gasteiger partial charge in [-0.2, -0.15) is 0 Å². The number of carbonyl (C=O) groups is 5. The molecule has 12 heteroatoms. The number of carbonyl (C=O) groups excluding carboxylic acids is 4. The quantitative estimate of drug-likeness (QED) is 0.150. The van der Waals surface area contributed by atoms with E-state index in [0.717, 1.165) is 27.1 Å². The first-order chi connectivity index (χ1) is 26.2. The summed E-state index contributed by atoms with van der Waals surface area (Å²) in [5, 5.41) is 23.0. The van der Waals surface area contributed by atoms with Gasteiger partial charge in [0, 0.05) is 30.6 Å². The van der Waals surface area contributed by atoms with Crippen molar-refractivity contribution in [3.8, 4) is 16.9 Å². The van der Waals surface area contributed by atoms with Gasteiger partial charge in [0.15, 0.2) is 6.61 Å². The number of rotatable bonds is 8. The fourth-order valence-corrected chi connectivity index (χ4v) is 6.92. The molecule has 276 valence electrons. The first-order valence-corrected chi connectivity index (χ1v) is 18.4. The summed E-state index contributed by atoms with van der Waals surface area (Å²) < 4.78 is 5.68. The molecular weight excluding hydrogens is 705 g/mol. The predicted molar refractivity (Wildman–Crippen MR) is 205 cm³/mol. The zero-order valence-corrected chi connectivity index (χ0v) is 30.1. The van der Waals surface area contributed by atoms with Crippen LogP contribution in [0.5, 0.6) is 5.75 Å². The molecule has 7 rings (SSSR count). The molecule has 0 fully saturated rings. The number of carboxylic acid groups (broad SMARTS) is 1. The average molecular weight is 745 g/mol. The van der Waals surface area contributed by atoms with Crippen molar-refractivity contribution in [3.63, 3.8) is 0 Å². The molecule has 0 spiro atoms. The summed E-state index contributed by atoms with van der Waals surface area (Å²) in [4.78, 5) is 68.6. The van der Waals surface area contributed by atoms with Crippen LogP contribution in [0.3, 0.4) is 0 Å². The van der Waals surface area contributed by atoms with Crippen LogP contribution in [0.2, 0.25) is 0 Å². The molecule has 5 aromatic rings. The topological polar surface area (TPSA) is 163 Å². The molecule has 0 aliphatic carbocycles. The van der Waals surface area contributed by atoms with Crippen molar-refractivity contribution in [1.29, 1.82) is 0 Å². The third kappa shape index (κ3) is 10.4. The van der Waals surface area contributed by atoms with Gasteiger partial charge in [0.05, 0.1) is 0 Å². The maximum Gasteiger partial charge on any atom is 0.326 e. The van der Waals surface area contributed by atoms with E-state index in [9.17, 15) is 29.1 Å². The molecule has 2 aliphatic rings. The van der Waals surface area contributed by atoms with E-state index in [1.54, 1.807) is 48.5 Å². The van der Waals surface area contributed by atoms with Gasteiger partial charge in [0.2, 0.25) is 17.7 Å². The van der Waals surface area contributed by atoms with Gasteiger partial charge in [0.1, 0.15) is 29.9 Å². The van der Waals surface area contributed by atoms with Crippen LogP contribution >= 0.6 is 11.3 Å². The molecule has 0 radical (unpaired) electrons. The highest BCUT2D eigenvalue weighted by atomic mass is 32.1. The van der Waals surface area contributed by atoms with Gasteiger partial charge >= 0.3 is 5.97 Å². The Hall–Kier alpha value is -6.27. The van der Waals surface area contributed by atoms with E-state index in [4.69, 9.17) is 4.74 Å². The van der Waals surface area contributed by atoms with Crippen LogP contribution < -0.4 is 26.0 Å². The highest BCUT2D eigenvalue weighted by Crippen LogP contribution is 2.21. The standard InChI is InChI=1S/C42H40N4O7S/c47-38-26-53-32-19-15-29(16-20-32)24-37(42(51)52)46-40(49)34(22-27-8-3-1-4-9-27)44-39(48)35(45-41(50)36(43-38)25-33-12-7-21-54-33)23-28-13-17-31(18-14-28)30-10-5-2-6-11-30/h1-21,34-37H,22-26H2,(H,43,47)(H,44,48)(H,45,50)(H,46,49)(H,51,52)/t34-,35-,36?,37+/m1/s1. The molecule has 4 amide bonds. The van der Waals surface area contributed by atoms with Crippen molar-refractivity contribution < 1.29 is 33.8 Å². The summed E-state index contributed by atoms with van der Waals surface area (Å²) in [5.41, 5.74) is 4.06. The van der Waals surface area contributed by atoms with Gasteiger partial charge in [-0.15, -0.1) is 11.3 Å². The maximum absolute atomic E-state index is 14.3. The summed E-state index contributed by atoms with van der Waals surface area (Å²) in [5.74, 6) is -3.39. The fraction of sp³-hybridized carbons (Fsp3) is 0.214. The van der Waals surface area contributed by atoms with E-state index >= 15 is 0 Å². The number of fused-ring (bicyclic) bond motifs is 16. The number of carboxylic acids is 1. The number of benzene rings is 4. The van der Waals surface area contributed by atoms with E-state index in [1.807, 2.05) is 78.2 Å². The molecule has 4 atom stereocenters. The SMILES string of the molecule is O=C1COc2ccc(cc2)C[C@@H](C(=O)O)NC(=O)[C@@H](Cc2ccccc2)NC(=O)[C@@H](Cc2ccc(-c3ccccc3)cc2)NC(=O)C(Cc2cccs2)N1. The Morgan fingerprint density at radius 3 is 1.76 bits per heavy atom. The molecular formula is C42H40N4O7S. The van der Waals surface area contributed by atoms with Crippen LogP contribution in [0, 0.1) is 0 Å². The Morgan fingerprint density at radius 2 is 1.17 bits per heavy atom. The minimum atomic E-state index is -1.32. The molecule has 4 aromatic carbocycles. The molecule has 3 heterocycles. The third-order valence-corrected chi connectivity index (χ3v) is 9.93. The first kappa shape index (κ1) is 37.5. The average Bonchev–Trinajstić information content (AvgIpc) is 3.70. The zero-order valence-electron chi connectivity index (χ0n) is 29.3. The van der Waals surface area contributed by atoms with E-state index in [-0.39, 0.29) is 32.3 Å². The molecule has 2 bridgehead atoms. The summed E-state index contributed by atoms with van der Waals surface area (Å²) in [6.07, 6.45) is 0.233. The van der Waals surface area contributed by atoms with Gasteiger partial charge in [0.25, 0.3) is 5.91 Å². The van der Waals surface area contributed by atoms with Crippen molar-refractivity contribution in [2.75, 3.05) is 6.61 Å². The van der Waals surface area contributed by atoms with E-state index in [1.165, 1.54) is 11.3 Å². The van der Waals surface area contributed by atoms with Crippen molar-refractivity contribution in [2.24, 2.45) is 0 Å². The maximum atomic E-state index is 14.3. The Bertz CT molecular complexity index is 2040. The number of hydrogen-bond donors (Lipinski definition) is 5. The van der Waals surface area contributed by atoms with Crippen molar-refractivity contribution in [3.05, 3.63) is 148 Å². The summed E-state index contributed by atoms with van der Waals surface area (Å²) >= 11 is 1.43. The predicted octanol–water partition coefficient (Wildman–Crippen LogP) is 4.10. The minimum absolute atomic E-state index is 0.0457. The zero-order chi connectivity index (χ0) is 37.9. The second kappa shape index (κ2) is 18.0. The Kier molecular flexibility index (Phi) is 12.5. The van der Waals surface area contributed by atoms with Gasteiger partial charge in [-0.05, 0) is 51.4 Å². The van der Waals surface area contributed by atoms with E-state index < -0.39 is 53.8 Å². The summed E-state index contributed by atoms with van der Waals surface area (Å²) in [7, 11) is 0. The van der Waals surface area contributed by atoms with Gasteiger partial charge in [-0.1, -0.05) is 103 Å². The summed E-state index contributed by atoms with van der Waals surface area (Å²) in [6.45, 7) is -0.389. The molecule has 54 heavy (non-hydrogen) atoms. The lowest BCUT2D eigenvalue weighted by atomic mass is 9.99. The number of nitrogens with one attached hydrogen (secondary N) is 4. The van der Waals surface area contributed by atoms with E-state index in [2.05, 4.69) is 21.3 Å². The van der Waals surface area contributed by atoms with Crippen molar-refractivity contribution in [1.82, 2.24) is 21.3 Å². The highest BCUT2D eigenvalue weighted by Gasteiger charge is 2.32. The lowest BCUT2D eigenvalue weighted by molar-refractivity contribution is -0.142. The van der Waals surface area contributed by atoms with Crippen LogP contribution in [-0.2, 0) is 49.7 Å². The minimum Gasteiger partial charge on any atom is -0.484 e. The van der Waals surface area contributed by atoms with Gasteiger partial charge < -0.3 is 31.1 Å². The van der Waals surface area contributed by atoms with Crippen molar-refractivity contribution in [2.45, 2.75) is 49.9 Å². The smallest absolute Gasteiger partial charge is 0.326 e. The molecule has 0 saturated heterocycles. The molecule has 1 unspecified atom stereocenters. The van der Waals surface area contributed by atoms with Crippen LogP contribution in [-0.4, -0.2) is 65.5 Å². The second-order valence-corrected chi connectivity index (χ2v) is 14.1. The lowest BCUT2D eigenvalue weighted by Gasteiger charge is -2.26.